The molecule has 5 nitrogen and oxygen atoms in total. The molecule has 2 aliphatic rings. The molecule has 2 bridgehead atoms. The van der Waals surface area contributed by atoms with Crippen LogP contribution in [0.4, 0.5) is 0 Å². The van der Waals surface area contributed by atoms with E-state index in [4.69, 9.17) is 4.74 Å². The van der Waals surface area contributed by atoms with Crippen molar-refractivity contribution in [2.45, 2.75) is 37.5 Å². The van der Waals surface area contributed by atoms with Crippen molar-refractivity contribution >= 4 is 18.4 Å². The summed E-state index contributed by atoms with van der Waals surface area (Å²) < 4.78 is 4.73. The average molecular weight is 254 g/mol. The minimum Gasteiger partial charge on any atom is -0.469 e. The van der Waals surface area contributed by atoms with Gasteiger partial charge in [-0.05, 0) is 26.3 Å². The van der Waals surface area contributed by atoms with Gasteiger partial charge < -0.3 is 15.3 Å². The molecule has 0 aromatic carbocycles. The Balaban J connectivity index is 0.00000112. The lowest BCUT2D eigenvalue weighted by atomic mass is 9.88. The smallest absolute Gasteiger partial charge is 0.312 e. The third-order valence-corrected chi connectivity index (χ3v) is 3.71. The maximum Gasteiger partial charge on any atom is 0.312 e. The van der Waals surface area contributed by atoms with E-state index in [0.29, 0.717) is 12.5 Å². The number of hydrogen-bond donors (Lipinski definition) is 1. The maximum absolute atomic E-state index is 11.5. The summed E-state index contributed by atoms with van der Waals surface area (Å²) in [5, 5.41) is 9.84. The van der Waals surface area contributed by atoms with Gasteiger partial charge in [-0.15, -0.1) is 12.4 Å². The number of aliphatic hydroxyl groups excluding tert-OH is 1. The molecule has 4 atom stereocenters. The Bertz CT molecular complexity index is 251. The summed E-state index contributed by atoms with van der Waals surface area (Å²) in [5.41, 5.74) is 0. The molecule has 0 unspecified atom stereocenters. The van der Waals surface area contributed by atoms with E-state index in [2.05, 4.69) is 4.90 Å². The van der Waals surface area contributed by atoms with Crippen LogP contribution in [0.1, 0.15) is 19.3 Å². The summed E-state index contributed by atoms with van der Waals surface area (Å²) in [6.07, 6.45) is 2.27. The molecule has 2 fully saturated rings. The minimum absolute atomic E-state index is 0. The molecular weight excluding hydrogens is 234 g/mol. The number of ether oxygens (including phenoxy) is 1. The van der Waals surface area contributed by atoms with Crippen molar-refractivity contribution in [3.63, 3.8) is 0 Å². The molecule has 0 radical (unpaired) electrons. The fourth-order valence-electron chi connectivity index (χ4n) is 2.89. The van der Waals surface area contributed by atoms with Gasteiger partial charge in [0.05, 0.1) is 19.1 Å². The minimum atomic E-state index is -0.517. The molecule has 6 heteroatoms. The predicted octanol–water partition coefficient (Wildman–Crippen LogP) is -0.400. The number of hydrogen-bond acceptors (Lipinski definition) is 4. The zero-order valence-corrected chi connectivity index (χ0v) is 10.4. The van der Waals surface area contributed by atoms with E-state index in [1.165, 1.54) is 7.11 Å². The Labute approximate surface area is 101 Å². The van der Waals surface area contributed by atoms with Crippen LogP contribution in [0.2, 0.25) is 0 Å². The van der Waals surface area contributed by atoms with Crippen molar-refractivity contribution in [3.05, 3.63) is 0 Å². The van der Waals surface area contributed by atoms with Crippen LogP contribution in [-0.4, -0.2) is 53.8 Å². The van der Waals surface area contributed by atoms with Gasteiger partial charge in [-0.3, -0.25) is 9.69 Å². The molecule has 3 N–H and O–H groups in total. The predicted molar refractivity (Wildman–Crippen MR) is 61.6 cm³/mol. The lowest BCUT2D eigenvalue weighted by Crippen LogP contribution is -2.52. The highest BCUT2D eigenvalue weighted by molar-refractivity contribution is 5.85. The highest BCUT2D eigenvalue weighted by Gasteiger charge is 2.48. The van der Waals surface area contributed by atoms with Gasteiger partial charge in [0.1, 0.15) is 0 Å². The first-order chi connectivity index (χ1) is 6.65. The maximum atomic E-state index is 11.5. The van der Waals surface area contributed by atoms with E-state index < -0.39 is 6.10 Å². The first kappa shape index (κ1) is 15.6. The average Bonchev–Trinajstić information content (AvgIpc) is 2.42. The highest BCUT2D eigenvalue weighted by Crippen LogP contribution is 2.38. The van der Waals surface area contributed by atoms with Crippen molar-refractivity contribution in [2.24, 2.45) is 5.92 Å². The zero-order valence-electron chi connectivity index (χ0n) is 9.55. The quantitative estimate of drug-likeness (QED) is 0.645. The molecule has 0 spiro atoms. The van der Waals surface area contributed by atoms with Crippen molar-refractivity contribution in [1.29, 1.82) is 0 Å². The van der Waals surface area contributed by atoms with Gasteiger partial charge >= 0.3 is 5.97 Å². The van der Waals surface area contributed by atoms with Gasteiger partial charge in [-0.2, -0.15) is 0 Å². The Morgan fingerprint density at radius 1 is 1.44 bits per heavy atom. The van der Waals surface area contributed by atoms with Gasteiger partial charge in [0.2, 0.25) is 0 Å². The number of aliphatic hydroxyl groups is 1. The van der Waals surface area contributed by atoms with Crippen LogP contribution in [0, 0.1) is 5.92 Å². The number of halogens is 1. The van der Waals surface area contributed by atoms with Gasteiger partial charge in [-0.1, -0.05) is 0 Å². The topological polar surface area (TPSA) is 81.3 Å². The van der Waals surface area contributed by atoms with E-state index in [1.807, 2.05) is 7.05 Å². The normalized spacial score (nSPS) is 37.2. The molecule has 16 heavy (non-hydrogen) atoms. The number of carbonyl (C=O) groups excluding carboxylic acids is 1. The van der Waals surface area contributed by atoms with Gasteiger partial charge in [0.15, 0.2) is 0 Å². The van der Waals surface area contributed by atoms with Crippen molar-refractivity contribution < 1.29 is 20.1 Å². The SMILES string of the molecule is COC(=O)[C@@H]1[C@H]2CC[C@@H](C[C@@H]1O)N2C.Cl.O. The van der Waals surface area contributed by atoms with Crippen LogP contribution in [0.25, 0.3) is 0 Å². The molecule has 96 valence electrons. The lowest BCUT2D eigenvalue weighted by molar-refractivity contribution is -0.155. The molecule has 0 saturated carbocycles. The lowest BCUT2D eigenvalue weighted by Gasteiger charge is -2.39. The van der Waals surface area contributed by atoms with E-state index in [1.54, 1.807) is 0 Å². The zero-order chi connectivity index (χ0) is 10.3. The summed E-state index contributed by atoms with van der Waals surface area (Å²) >= 11 is 0. The first-order valence-electron chi connectivity index (χ1n) is 5.13. The Kier molecular flexibility index (Phi) is 5.69. The number of methoxy groups -OCH3 is 1. The van der Waals surface area contributed by atoms with E-state index in [9.17, 15) is 9.90 Å². The number of nitrogens with zero attached hydrogens (tertiary/aromatic N) is 1. The summed E-state index contributed by atoms with van der Waals surface area (Å²) in [6, 6.07) is 0.632. The second-order valence-corrected chi connectivity index (χ2v) is 4.32. The highest BCUT2D eigenvalue weighted by atomic mass is 35.5. The van der Waals surface area contributed by atoms with Crippen LogP contribution < -0.4 is 0 Å². The summed E-state index contributed by atoms with van der Waals surface area (Å²) in [7, 11) is 3.42. The van der Waals surface area contributed by atoms with Crippen molar-refractivity contribution in [2.75, 3.05) is 14.2 Å². The molecule has 2 heterocycles. The number of esters is 1. The second kappa shape index (κ2) is 5.82. The molecule has 0 aliphatic carbocycles. The number of rotatable bonds is 1. The van der Waals surface area contributed by atoms with E-state index in [-0.39, 0.29) is 35.8 Å². The Morgan fingerprint density at radius 3 is 2.62 bits per heavy atom. The standard InChI is InChI=1S/C10H17NO3.ClH.H2O/c1-11-6-3-4-7(11)9(8(12)5-6)10(13)14-2;;/h6-9,12H,3-5H2,1-2H3;1H;1H2/t6-,7+,8-,9+;;/m0../s1. The molecule has 0 aromatic rings. The van der Waals surface area contributed by atoms with Crippen LogP contribution in [0.15, 0.2) is 0 Å². The number of fused-ring (bicyclic) bond motifs is 2. The van der Waals surface area contributed by atoms with Gasteiger partial charge in [-0.25, -0.2) is 0 Å². The fraction of sp³-hybridized carbons (Fsp3) is 0.900. The van der Waals surface area contributed by atoms with Crippen LogP contribution in [-0.2, 0) is 9.53 Å². The third-order valence-electron chi connectivity index (χ3n) is 3.71. The van der Waals surface area contributed by atoms with Crippen LogP contribution in [0.3, 0.4) is 0 Å². The monoisotopic (exact) mass is 253 g/mol. The molecule has 0 aromatic heterocycles. The van der Waals surface area contributed by atoms with Crippen molar-refractivity contribution in [3.8, 4) is 0 Å². The Morgan fingerprint density at radius 2 is 2.06 bits per heavy atom. The number of piperidine rings is 1. The number of carbonyl (C=O) groups is 1. The molecule has 2 rings (SSSR count). The van der Waals surface area contributed by atoms with Gasteiger partial charge in [0.25, 0.3) is 0 Å². The van der Waals surface area contributed by atoms with Gasteiger partial charge in [0, 0.05) is 12.1 Å². The molecular formula is C10H20ClNO4. The largest absolute Gasteiger partial charge is 0.469 e. The third kappa shape index (κ3) is 2.32. The Hall–Kier alpha value is -0.360. The summed E-state index contributed by atoms with van der Waals surface area (Å²) in [5.74, 6) is -0.613. The molecule has 2 aliphatic heterocycles. The summed E-state index contributed by atoms with van der Waals surface area (Å²) in [6.45, 7) is 0. The van der Waals surface area contributed by atoms with E-state index >= 15 is 0 Å². The molecule has 2 saturated heterocycles. The first-order valence-corrected chi connectivity index (χ1v) is 5.13. The fourth-order valence-corrected chi connectivity index (χ4v) is 2.89. The van der Waals surface area contributed by atoms with Crippen molar-refractivity contribution in [1.82, 2.24) is 4.90 Å². The molecule has 0 amide bonds. The second-order valence-electron chi connectivity index (χ2n) is 4.32. The van der Waals surface area contributed by atoms with E-state index in [0.717, 1.165) is 12.8 Å². The van der Waals surface area contributed by atoms with Crippen LogP contribution >= 0.6 is 12.4 Å². The summed E-state index contributed by atoms with van der Waals surface area (Å²) in [4.78, 5) is 13.7. The van der Waals surface area contributed by atoms with Crippen LogP contribution in [0.5, 0.6) is 0 Å².